The molecule has 0 spiro atoms. The summed E-state index contributed by atoms with van der Waals surface area (Å²) in [7, 11) is 0. The van der Waals surface area contributed by atoms with Crippen molar-refractivity contribution in [3.8, 4) is 0 Å². The van der Waals surface area contributed by atoms with E-state index in [1.807, 2.05) is 91.0 Å². The minimum Gasteiger partial charge on any atom is -0.370 e. The largest absolute Gasteiger partial charge is 0.370 e. The van der Waals surface area contributed by atoms with Crippen molar-refractivity contribution in [1.29, 1.82) is 0 Å². The quantitative estimate of drug-likeness (QED) is 0.472. The van der Waals surface area contributed by atoms with Crippen LogP contribution in [0.5, 0.6) is 0 Å². The lowest BCUT2D eigenvalue weighted by Crippen LogP contribution is -2.38. The van der Waals surface area contributed by atoms with Crippen molar-refractivity contribution in [2.75, 3.05) is 0 Å². The second kappa shape index (κ2) is 8.33. The van der Waals surface area contributed by atoms with Gasteiger partial charge in [0.25, 0.3) is 6.08 Å². The van der Waals surface area contributed by atoms with Crippen molar-refractivity contribution in [1.82, 2.24) is 9.55 Å². The fraction of sp³-hybridized carbons (Fsp3) is 0.120. The van der Waals surface area contributed by atoms with E-state index in [1.165, 1.54) is 0 Å². The van der Waals surface area contributed by atoms with E-state index in [4.69, 9.17) is 5.73 Å². The molecule has 0 aliphatic rings. The molecular weight excluding hydrogens is 377 g/mol. The molecule has 1 heterocycles. The molecule has 0 aliphatic carbocycles. The van der Waals surface area contributed by atoms with E-state index in [9.17, 15) is 4.79 Å². The average molecular weight is 399 g/mol. The number of nitrogens with zero attached hydrogens (tertiary/aromatic N) is 2. The number of hydrogen-bond acceptors (Lipinski definition) is 2. The highest BCUT2D eigenvalue weighted by atomic mass is 19.1. The first-order valence-electron chi connectivity index (χ1n) is 9.81. The molecule has 0 saturated carbocycles. The van der Waals surface area contributed by atoms with Crippen LogP contribution in [0.2, 0.25) is 0 Å². The van der Waals surface area contributed by atoms with Crippen molar-refractivity contribution < 1.29 is 9.18 Å². The highest BCUT2D eigenvalue weighted by Gasteiger charge is 2.40. The predicted octanol–water partition coefficient (Wildman–Crippen LogP) is 4.28. The van der Waals surface area contributed by atoms with Crippen molar-refractivity contribution in [3.05, 3.63) is 126 Å². The third kappa shape index (κ3) is 3.50. The molecule has 5 heteroatoms. The number of aromatic nitrogens is 2. The van der Waals surface area contributed by atoms with Gasteiger partial charge >= 0.3 is 0 Å². The molecule has 0 radical (unpaired) electrons. The zero-order chi connectivity index (χ0) is 21.0. The van der Waals surface area contributed by atoms with Crippen LogP contribution in [0, 0.1) is 6.08 Å². The van der Waals surface area contributed by atoms with Gasteiger partial charge in [0, 0.05) is 19.0 Å². The normalized spacial score (nSPS) is 11.4. The molecule has 0 saturated heterocycles. The minimum atomic E-state index is -0.966. The summed E-state index contributed by atoms with van der Waals surface area (Å²) in [6.45, 7) is 0. The third-order valence-corrected chi connectivity index (χ3v) is 5.28. The molecule has 0 fully saturated rings. The number of aryl methyl sites for hydroxylation is 1. The molecule has 4 rings (SSSR count). The Balaban J connectivity index is 2.03. The van der Waals surface area contributed by atoms with E-state index < -0.39 is 17.5 Å². The van der Waals surface area contributed by atoms with Crippen LogP contribution in [0.25, 0.3) is 0 Å². The summed E-state index contributed by atoms with van der Waals surface area (Å²) in [5, 5.41) is 0. The summed E-state index contributed by atoms with van der Waals surface area (Å²) < 4.78 is 17.0. The van der Waals surface area contributed by atoms with Gasteiger partial charge in [-0.2, -0.15) is 4.39 Å². The molecule has 1 amide bonds. The zero-order valence-electron chi connectivity index (χ0n) is 16.4. The first kappa shape index (κ1) is 19.6. The first-order valence-corrected chi connectivity index (χ1v) is 9.81. The predicted molar refractivity (Wildman–Crippen MR) is 114 cm³/mol. The Morgan fingerprint density at radius 1 is 0.833 bits per heavy atom. The number of primary amides is 1. The van der Waals surface area contributed by atoms with Gasteiger partial charge in [-0.15, -0.1) is 0 Å². The highest BCUT2D eigenvalue weighted by Crippen LogP contribution is 2.41. The molecule has 150 valence electrons. The van der Waals surface area contributed by atoms with Crippen molar-refractivity contribution in [2.45, 2.75) is 18.4 Å². The first-order chi connectivity index (χ1) is 14.6. The molecule has 1 aromatic heterocycles. The summed E-state index contributed by atoms with van der Waals surface area (Å²) in [5.74, 6) is -0.439. The van der Waals surface area contributed by atoms with E-state index in [2.05, 4.69) is 4.98 Å². The van der Waals surface area contributed by atoms with Crippen LogP contribution in [-0.4, -0.2) is 15.5 Å². The number of halogens is 1. The maximum absolute atomic E-state index is 15.4. The molecule has 0 unspecified atom stereocenters. The molecule has 4 nitrogen and oxygen atoms in total. The van der Waals surface area contributed by atoms with Crippen LogP contribution in [0.15, 0.2) is 97.2 Å². The Kier molecular flexibility index (Phi) is 5.44. The van der Waals surface area contributed by atoms with Crippen molar-refractivity contribution in [2.24, 2.45) is 5.73 Å². The summed E-state index contributed by atoms with van der Waals surface area (Å²) in [6.07, 6.45) is 1.47. The standard InChI is InChI=1S/C25H22FN3O/c26-24-28-22(16-17-23(27)30)18-29(24)25(19-10-4-1-5-11-19,20-12-6-2-7-13-20)21-14-8-3-9-15-21/h1-15,18H,16-17H2,(H2,27,30). The molecule has 2 N–H and O–H groups in total. The zero-order valence-corrected chi connectivity index (χ0v) is 16.4. The lowest BCUT2D eigenvalue weighted by Gasteiger charge is -2.37. The van der Waals surface area contributed by atoms with Gasteiger partial charge in [-0.3, -0.25) is 9.36 Å². The van der Waals surface area contributed by atoms with Crippen LogP contribution >= 0.6 is 0 Å². The lowest BCUT2D eigenvalue weighted by atomic mass is 9.76. The number of rotatable bonds is 7. The molecule has 0 bridgehead atoms. The number of carbonyl (C=O) groups excluding carboxylic acids is 1. The van der Waals surface area contributed by atoms with Gasteiger partial charge < -0.3 is 5.73 Å². The lowest BCUT2D eigenvalue weighted by molar-refractivity contribution is -0.118. The maximum Gasteiger partial charge on any atom is 0.290 e. The van der Waals surface area contributed by atoms with Gasteiger partial charge in [0.2, 0.25) is 5.91 Å². The number of amides is 1. The summed E-state index contributed by atoms with van der Waals surface area (Å²) in [5.41, 5.74) is 7.50. The monoisotopic (exact) mass is 399 g/mol. The van der Waals surface area contributed by atoms with Crippen LogP contribution < -0.4 is 5.73 Å². The summed E-state index contributed by atoms with van der Waals surface area (Å²) in [6, 6.07) is 29.4. The van der Waals surface area contributed by atoms with Gasteiger partial charge in [0.1, 0.15) is 5.54 Å². The topological polar surface area (TPSA) is 60.9 Å². The number of nitrogens with two attached hydrogens (primary N) is 1. The number of hydrogen-bond donors (Lipinski definition) is 1. The van der Waals surface area contributed by atoms with E-state index in [-0.39, 0.29) is 12.8 Å². The molecule has 0 atom stereocenters. The van der Waals surface area contributed by atoms with E-state index in [1.54, 1.807) is 10.8 Å². The third-order valence-electron chi connectivity index (χ3n) is 5.28. The van der Waals surface area contributed by atoms with Crippen LogP contribution in [-0.2, 0) is 16.8 Å². The molecule has 3 aromatic carbocycles. The fourth-order valence-electron chi connectivity index (χ4n) is 3.97. The Hall–Kier alpha value is -3.73. The van der Waals surface area contributed by atoms with Gasteiger partial charge in [0.05, 0.1) is 5.69 Å². The molecule has 4 aromatic rings. The Labute approximate surface area is 174 Å². The summed E-state index contributed by atoms with van der Waals surface area (Å²) in [4.78, 5) is 15.3. The minimum absolute atomic E-state index is 0.117. The number of imidazole rings is 1. The SMILES string of the molecule is NC(=O)CCc1cn(C(c2ccccc2)(c2ccccc2)c2ccccc2)c(F)n1. The second-order valence-corrected chi connectivity index (χ2v) is 7.15. The average Bonchev–Trinajstić information content (AvgIpc) is 3.16. The van der Waals surface area contributed by atoms with Gasteiger partial charge in [-0.05, 0) is 16.7 Å². The smallest absolute Gasteiger partial charge is 0.290 e. The van der Waals surface area contributed by atoms with E-state index in [0.717, 1.165) is 16.7 Å². The van der Waals surface area contributed by atoms with E-state index in [0.29, 0.717) is 5.69 Å². The number of benzene rings is 3. The maximum atomic E-state index is 15.4. The van der Waals surface area contributed by atoms with Crippen LogP contribution in [0.3, 0.4) is 0 Å². The molecular formula is C25H22FN3O. The van der Waals surface area contributed by atoms with Gasteiger partial charge in [-0.1, -0.05) is 91.0 Å². The van der Waals surface area contributed by atoms with Crippen molar-refractivity contribution in [3.63, 3.8) is 0 Å². The summed E-state index contributed by atoms with van der Waals surface area (Å²) >= 11 is 0. The van der Waals surface area contributed by atoms with Crippen molar-refractivity contribution >= 4 is 5.91 Å². The highest BCUT2D eigenvalue weighted by molar-refractivity contribution is 5.73. The Bertz CT molecular complexity index is 1030. The number of carbonyl (C=O) groups is 1. The molecule has 30 heavy (non-hydrogen) atoms. The Morgan fingerprint density at radius 2 is 1.27 bits per heavy atom. The van der Waals surface area contributed by atoms with Crippen LogP contribution in [0.4, 0.5) is 4.39 Å². The second-order valence-electron chi connectivity index (χ2n) is 7.15. The van der Waals surface area contributed by atoms with Gasteiger partial charge in [-0.25, -0.2) is 4.98 Å². The van der Waals surface area contributed by atoms with Gasteiger partial charge in [0.15, 0.2) is 0 Å². The van der Waals surface area contributed by atoms with E-state index >= 15 is 4.39 Å². The Morgan fingerprint density at radius 3 is 1.67 bits per heavy atom. The molecule has 0 aliphatic heterocycles. The fourth-order valence-corrected chi connectivity index (χ4v) is 3.97. The van der Waals surface area contributed by atoms with Crippen LogP contribution in [0.1, 0.15) is 28.8 Å².